The van der Waals surface area contributed by atoms with Crippen LogP contribution in [0.5, 0.6) is 5.75 Å². The Balaban J connectivity index is 0.00000160. The average molecular weight is 459 g/mol. The molecule has 3 aromatic carbocycles. The summed E-state index contributed by atoms with van der Waals surface area (Å²) in [6.07, 6.45) is -4.68. The monoisotopic (exact) mass is 458 g/mol. The van der Waals surface area contributed by atoms with E-state index in [4.69, 9.17) is 0 Å². The highest BCUT2D eigenvalue weighted by atomic mass is 35.5. The van der Waals surface area contributed by atoms with Gasteiger partial charge in [0.15, 0.2) is 0 Å². The van der Waals surface area contributed by atoms with Crippen molar-refractivity contribution in [3.05, 3.63) is 77.9 Å². The molecule has 0 aromatic heterocycles. The fourth-order valence-corrected chi connectivity index (χ4v) is 3.78. The number of halogens is 5. The molecule has 0 bridgehead atoms. The fourth-order valence-electron chi connectivity index (χ4n) is 3.78. The van der Waals surface area contributed by atoms with Crippen LogP contribution in [0, 0.1) is 0 Å². The Hall–Kier alpha value is -1.99. The van der Waals surface area contributed by atoms with E-state index in [1.165, 1.54) is 17.5 Å². The van der Waals surface area contributed by atoms with Crippen molar-refractivity contribution in [3.63, 3.8) is 0 Å². The van der Waals surface area contributed by atoms with Gasteiger partial charge in [0.25, 0.3) is 0 Å². The first-order valence-electron chi connectivity index (χ1n) is 9.29. The van der Waals surface area contributed by atoms with Gasteiger partial charge in [0, 0.05) is 26.2 Å². The molecular formula is C22H23Cl2F3N2O. The predicted octanol–water partition coefficient (Wildman–Crippen LogP) is 5.58. The van der Waals surface area contributed by atoms with E-state index in [2.05, 4.69) is 45.3 Å². The Labute approximate surface area is 186 Å². The number of nitrogens with zero attached hydrogens (tertiary/aromatic N) is 1. The zero-order valence-corrected chi connectivity index (χ0v) is 17.7. The molecule has 1 aliphatic rings. The van der Waals surface area contributed by atoms with Crippen molar-refractivity contribution < 1.29 is 17.9 Å². The second-order valence-electron chi connectivity index (χ2n) is 6.91. The van der Waals surface area contributed by atoms with E-state index in [9.17, 15) is 13.2 Å². The van der Waals surface area contributed by atoms with Gasteiger partial charge in [-0.1, -0.05) is 48.5 Å². The molecule has 162 valence electrons. The zero-order valence-electron chi connectivity index (χ0n) is 16.1. The number of benzene rings is 3. The van der Waals surface area contributed by atoms with Gasteiger partial charge in [-0.05, 0) is 40.1 Å². The summed E-state index contributed by atoms with van der Waals surface area (Å²) >= 11 is 0. The van der Waals surface area contributed by atoms with Crippen molar-refractivity contribution in [2.45, 2.75) is 12.4 Å². The first kappa shape index (κ1) is 24.3. The number of rotatable bonds is 4. The summed E-state index contributed by atoms with van der Waals surface area (Å²) in [5.74, 6) is -0.200. The Kier molecular flexibility index (Phi) is 8.38. The lowest BCUT2D eigenvalue weighted by atomic mass is 9.94. The third-order valence-corrected chi connectivity index (χ3v) is 5.04. The van der Waals surface area contributed by atoms with Crippen LogP contribution in [-0.2, 0) is 0 Å². The number of nitrogens with one attached hydrogen (secondary N) is 1. The van der Waals surface area contributed by atoms with Gasteiger partial charge in [-0.15, -0.1) is 38.0 Å². The molecule has 30 heavy (non-hydrogen) atoms. The first-order valence-corrected chi connectivity index (χ1v) is 9.29. The molecule has 0 amide bonds. The average Bonchev–Trinajstić information content (AvgIpc) is 2.69. The van der Waals surface area contributed by atoms with Gasteiger partial charge in [0.2, 0.25) is 0 Å². The Bertz CT molecular complexity index is 945. The topological polar surface area (TPSA) is 24.5 Å². The summed E-state index contributed by atoms with van der Waals surface area (Å²) in [5, 5.41) is 5.67. The molecule has 0 saturated carbocycles. The van der Waals surface area contributed by atoms with Crippen LogP contribution in [0.3, 0.4) is 0 Å². The van der Waals surface area contributed by atoms with E-state index >= 15 is 0 Å². The lowest BCUT2D eigenvalue weighted by Gasteiger charge is -2.35. The number of hydrogen-bond donors (Lipinski definition) is 1. The molecule has 0 radical (unpaired) electrons. The lowest BCUT2D eigenvalue weighted by Crippen LogP contribution is -2.45. The van der Waals surface area contributed by atoms with E-state index in [0.29, 0.717) is 0 Å². The molecule has 3 nitrogen and oxygen atoms in total. The van der Waals surface area contributed by atoms with Crippen LogP contribution >= 0.6 is 24.8 Å². The van der Waals surface area contributed by atoms with E-state index in [1.54, 1.807) is 12.1 Å². The number of fused-ring (bicyclic) bond motifs is 1. The molecule has 3 aromatic rings. The van der Waals surface area contributed by atoms with Crippen molar-refractivity contribution >= 4 is 35.6 Å². The molecule has 0 unspecified atom stereocenters. The van der Waals surface area contributed by atoms with Crippen LogP contribution < -0.4 is 10.1 Å². The molecular weight excluding hydrogens is 436 g/mol. The van der Waals surface area contributed by atoms with Crippen molar-refractivity contribution in [2.75, 3.05) is 26.2 Å². The Morgan fingerprint density at radius 2 is 1.40 bits per heavy atom. The van der Waals surface area contributed by atoms with Crippen molar-refractivity contribution in [3.8, 4) is 5.75 Å². The minimum Gasteiger partial charge on any atom is -0.406 e. The van der Waals surface area contributed by atoms with Crippen LogP contribution in [-0.4, -0.2) is 37.4 Å². The molecule has 1 N–H and O–H groups in total. The predicted molar refractivity (Wildman–Crippen MR) is 118 cm³/mol. The summed E-state index contributed by atoms with van der Waals surface area (Å²) in [6, 6.07) is 20.7. The maximum absolute atomic E-state index is 12.5. The van der Waals surface area contributed by atoms with E-state index in [1.807, 2.05) is 12.1 Å². The number of ether oxygens (including phenoxy) is 1. The quantitative estimate of drug-likeness (QED) is 0.552. The van der Waals surface area contributed by atoms with Gasteiger partial charge in [0.05, 0.1) is 6.04 Å². The normalized spacial score (nSPS) is 15.7. The highest BCUT2D eigenvalue weighted by Gasteiger charge is 2.31. The number of alkyl halides is 3. The van der Waals surface area contributed by atoms with Crippen molar-refractivity contribution in [1.29, 1.82) is 0 Å². The Morgan fingerprint density at radius 3 is 2.03 bits per heavy atom. The van der Waals surface area contributed by atoms with Gasteiger partial charge in [-0.2, -0.15) is 0 Å². The highest BCUT2D eigenvalue weighted by Crippen LogP contribution is 2.33. The van der Waals surface area contributed by atoms with E-state index in [-0.39, 0.29) is 36.6 Å². The van der Waals surface area contributed by atoms with Crippen LogP contribution in [0.2, 0.25) is 0 Å². The minimum absolute atomic E-state index is 0. The summed E-state index contributed by atoms with van der Waals surface area (Å²) in [4.78, 5) is 2.36. The van der Waals surface area contributed by atoms with Gasteiger partial charge >= 0.3 is 6.36 Å². The molecule has 1 fully saturated rings. The smallest absolute Gasteiger partial charge is 0.406 e. The first-order chi connectivity index (χ1) is 13.5. The zero-order chi connectivity index (χ0) is 19.6. The second kappa shape index (κ2) is 10.4. The van der Waals surface area contributed by atoms with Crippen LogP contribution in [0.15, 0.2) is 66.7 Å². The Morgan fingerprint density at radius 1 is 0.800 bits per heavy atom. The molecule has 8 heteroatoms. The number of hydrogen-bond acceptors (Lipinski definition) is 3. The van der Waals surface area contributed by atoms with Crippen molar-refractivity contribution in [2.24, 2.45) is 0 Å². The van der Waals surface area contributed by atoms with Crippen LogP contribution in [0.4, 0.5) is 13.2 Å². The summed E-state index contributed by atoms with van der Waals surface area (Å²) in [5.41, 5.74) is 2.08. The maximum Gasteiger partial charge on any atom is 0.573 e. The maximum atomic E-state index is 12.5. The second-order valence-corrected chi connectivity index (χ2v) is 6.91. The standard InChI is InChI=1S/C22H21F3N2O.2ClH/c23-22(24,25)28-20-9-7-17(8-10-20)21(27-13-11-26-12-14-27)19-6-5-16-3-1-2-4-18(16)15-19;;/h1-10,15,21,26H,11-14H2;2*1H/t21-;;/m0../s1. The van der Waals surface area contributed by atoms with Crippen LogP contribution in [0.1, 0.15) is 17.2 Å². The fraction of sp³-hybridized carbons (Fsp3) is 0.273. The molecule has 1 atom stereocenters. The summed E-state index contributed by atoms with van der Waals surface area (Å²) < 4.78 is 41.4. The SMILES string of the molecule is Cl.Cl.FC(F)(F)Oc1ccc([C@@H](c2ccc3ccccc3c2)N2CCNCC2)cc1. The molecule has 1 heterocycles. The minimum atomic E-state index is -4.68. The van der Waals surface area contributed by atoms with Gasteiger partial charge < -0.3 is 10.1 Å². The largest absolute Gasteiger partial charge is 0.573 e. The molecule has 4 rings (SSSR count). The van der Waals surface area contributed by atoms with Crippen LogP contribution in [0.25, 0.3) is 10.8 Å². The van der Waals surface area contributed by atoms with Gasteiger partial charge in [-0.25, -0.2) is 0 Å². The third-order valence-electron chi connectivity index (χ3n) is 5.04. The summed E-state index contributed by atoms with van der Waals surface area (Å²) in [7, 11) is 0. The molecule has 0 spiro atoms. The van der Waals surface area contributed by atoms with E-state index < -0.39 is 6.36 Å². The third kappa shape index (κ3) is 5.79. The van der Waals surface area contributed by atoms with Gasteiger partial charge in [0.1, 0.15) is 5.75 Å². The molecule has 0 aliphatic carbocycles. The van der Waals surface area contributed by atoms with E-state index in [0.717, 1.165) is 42.7 Å². The highest BCUT2D eigenvalue weighted by molar-refractivity contribution is 5.85. The van der Waals surface area contributed by atoms with Gasteiger partial charge in [-0.3, -0.25) is 4.90 Å². The summed E-state index contributed by atoms with van der Waals surface area (Å²) in [6.45, 7) is 3.52. The lowest BCUT2D eigenvalue weighted by molar-refractivity contribution is -0.274. The molecule has 1 aliphatic heterocycles. The number of piperazine rings is 1. The molecule has 1 saturated heterocycles. The van der Waals surface area contributed by atoms with Crippen molar-refractivity contribution in [1.82, 2.24) is 10.2 Å².